The molecule has 1 aromatic carbocycles. The van der Waals surface area contributed by atoms with Gasteiger partial charge in [0.05, 0.1) is 6.54 Å². The van der Waals surface area contributed by atoms with Crippen LogP contribution in [0.25, 0.3) is 0 Å². The van der Waals surface area contributed by atoms with E-state index in [0.717, 1.165) is 5.56 Å². The zero-order valence-electron chi connectivity index (χ0n) is 11.6. The first-order valence-corrected chi connectivity index (χ1v) is 6.66. The average Bonchev–Trinajstić information content (AvgIpc) is 2.46. The second-order valence-corrected chi connectivity index (χ2v) is 4.72. The minimum Gasteiger partial charge on any atom is -0.351 e. The summed E-state index contributed by atoms with van der Waals surface area (Å²) in [5, 5.41) is 6.01. The summed E-state index contributed by atoms with van der Waals surface area (Å²) >= 11 is 0. The molecule has 0 fully saturated rings. The Bertz CT molecular complexity index is 555. The van der Waals surface area contributed by atoms with Crippen LogP contribution >= 0.6 is 0 Å². The van der Waals surface area contributed by atoms with Gasteiger partial charge in [0.25, 0.3) is 0 Å². The minimum absolute atomic E-state index is 0.00512. The second kappa shape index (κ2) is 7.40. The molecule has 1 aromatic heterocycles. The number of nitrogens with zero attached hydrogens (tertiary/aromatic N) is 1. The van der Waals surface area contributed by atoms with Crippen LogP contribution in [0, 0.1) is 6.92 Å². The maximum absolute atomic E-state index is 11.7. The third kappa shape index (κ3) is 4.82. The first-order valence-electron chi connectivity index (χ1n) is 6.66. The Kier molecular flexibility index (Phi) is 5.26. The Morgan fingerprint density at radius 1 is 1.10 bits per heavy atom. The molecular weight excluding hydrogens is 250 g/mol. The fourth-order valence-corrected chi connectivity index (χ4v) is 1.91. The summed E-state index contributed by atoms with van der Waals surface area (Å²) in [4.78, 5) is 15.6. The fourth-order valence-electron chi connectivity index (χ4n) is 1.91. The number of carbonyl (C=O) groups excluding carboxylic acids is 1. The van der Waals surface area contributed by atoms with Gasteiger partial charge in [0.2, 0.25) is 5.91 Å². The molecule has 1 amide bonds. The molecule has 0 bridgehead atoms. The lowest BCUT2D eigenvalue weighted by Crippen LogP contribution is -2.33. The standard InChI is InChI=1S/C16H19N3O/c1-13-3-2-4-15(9-13)10-18-12-16(20)19-11-14-5-7-17-8-6-14/h2-9,18H,10-12H2,1H3,(H,19,20). The van der Waals surface area contributed by atoms with Gasteiger partial charge in [-0.1, -0.05) is 29.8 Å². The van der Waals surface area contributed by atoms with Crippen molar-refractivity contribution in [3.63, 3.8) is 0 Å². The van der Waals surface area contributed by atoms with Crippen LogP contribution < -0.4 is 10.6 Å². The zero-order chi connectivity index (χ0) is 14.2. The molecular formula is C16H19N3O. The minimum atomic E-state index is -0.00512. The molecule has 0 aliphatic heterocycles. The van der Waals surface area contributed by atoms with Crippen molar-refractivity contribution < 1.29 is 4.79 Å². The number of hydrogen-bond acceptors (Lipinski definition) is 3. The van der Waals surface area contributed by atoms with E-state index in [1.807, 2.05) is 18.2 Å². The summed E-state index contributed by atoms with van der Waals surface area (Å²) in [5.74, 6) is -0.00512. The molecule has 4 nitrogen and oxygen atoms in total. The molecule has 0 atom stereocenters. The highest BCUT2D eigenvalue weighted by Gasteiger charge is 2.01. The van der Waals surface area contributed by atoms with Gasteiger partial charge >= 0.3 is 0 Å². The maximum Gasteiger partial charge on any atom is 0.234 e. The third-order valence-electron chi connectivity index (χ3n) is 2.94. The van der Waals surface area contributed by atoms with E-state index < -0.39 is 0 Å². The summed E-state index contributed by atoms with van der Waals surface area (Å²) in [7, 11) is 0. The van der Waals surface area contributed by atoms with Crippen LogP contribution in [0.15, 0.2) is 48.8 Å². The van der Waals surface area contributed by atoms with Gasteiger partial charge in [-0.05, 0) is 30.2 Å². The van der Waals surface area contributed by atoms with Crippen LogP contribution in [0.4, 0.5) is 0 Å². The van der Waals surface area contributed by atoms with E-state index in [-0.39, 0.29) is 5.91 Å². The maximum atomic E-state index is 11.7. The number of carbonyl (C=O) groups is 1. The SMILES string of the molecule is Cc1cccc(CNCC(=O)NCc2ccncc2)c1. The molecule has 0 radical (unpaired) electrons. The first kappa shape index (κ1) is 14.2. The Labute approximate surface area is 119 Å². The van der Waals surface area contributed by atoms with Crippen molar-refractivity contribution in [1.82, 2.24) is 15.6 Å². The van der Waals surface area contributed by atoms with E-state index >= 15 is 0 Å². The highest BCUT2D eigenvalue weighted by molar-refractivity contribution is 5.77. The van der Waals surface area contributed by atoms with Gasteiger partial charge in [-0.25, -0.2) is 0 Å². The number of hydrogen-bond donors (Lipinski definition) is 2. The van der Waals surface area contributed by atoms with Crippen LogP contribution in [-0.4, -0.2) is 17.4 Å². The molecule has 2 aromatic rings. The van der Waals surface area contributed by atoms with Gasteiger partial charge in [0.15, 0.2) is 0 Å². The molecule has 2 N–H and O–H groups in total. The molecule has 4 heteroatoms. The number of aryl methyl sites for hydroxylation is 1. The van der Waals surface area contributed by atoms with Gasteiger partial charge in [0.1, 0.15) is 0 Å². The van der Waals surface area contributed by atoms with Crippen LogP contribution in [-0.2, 0) is 17.9 Å². The van der Waals surface area contributed by atoms with E-state index in [1.54, 1.807) is 12.4 Å². The van der Waals surface area contributed by atoms with E-state index in [1.165, 1.54) is 11.1 Å². The zero-order valence-corrected chi connectivity index (χ0v) is 11.6. The number of aromatic nitrogens is 1. The molecule has 1 heterocycles. The number of benzene rings is 1. The molecule has 2 rings (SSSR count). The van der Waals surface area contributed by atoms with Crippen LogP contribution in [0.1, 0.15) is 16.7 Å². The summed E-state index contributed by atoms with van der Waals surface area (Å²) in [5.41, 5.74) is 3.46. The number of nitrogens with one attached hydrogen (secondary N) is 2. The Morgan fingerprint density at radius 3 is 2.65 bits per heavy atom. The summed E-state index contributed by atoms with van der Waals surface area (Å²) in [6.45, 7) is 3.61. The van der Waals surface area contributed by atoms with Gasteiger partial charge in [-0.2, -0.15) is 0 Å². The molecule has 0 saturated carbocycles. The normalized spacial score (nSPS) is 10.2. The van der Waals surface area contributed by atoms with Gasteiger partial charge < -0.3 is 10.6 Å². The quantitative estimate of drug-likeness (QED) is 0.840. The molecule has 104 valence electrons. The lowest BCUT2D eigenvalue weighted by molar-refractivity contribution is -0.120. The highest BCUT2D eigenvalue weighted by Crippen LogP contribution is 2.02. The third-order valence-corrected chi connectivity index (χ3v) is 2.94. The fraction of sp³-hybridized carbons (Fsp3) is 0.250. The highest BCUT2D eigenvalue weighted by atomic mass is 16.1. The van der Waals surface area contributed by atoms with E-state index in [9.17, 15) is 4.79 Å². The van der Waals surface area contributed by atoms with Gasteiger partial charge in [-0.15, -0.1) is 0 Å². The van der Waals surface area contributed by atoms with E-state index in [0.29, 0.717) is 19.6 Å². The Balaban J connectivity index is 1.68. The summed E-state index contributed by atoms with van der Waals surface area (Å²) in [6.07, 6.45) is 3.44. The van der Waals surface area contributed by atoms with Crippen LogP contribution in [0.3, 0.4) is 0 Å². The van der Waals surface area contributed by atoms with Crippen molar-refractivity contribution in [3.05, 3.63) is 65.5 Å². The first-order chi connectivity index (χ1) is 9.74. The average molecular weight is 269 g/mol. The van der Waals surface area contributed by atoms with Crippen molar-refractivity contribution in [1.29, 1.82) is 0 Å². The number of pyridine rings is 1. The van der Waals surface area contributed by atoms with Crippen molar-refractivity contribution in [2.45, 2.75) is 20.0 Å². The van der Waals surface area contributed by atoms with Crippen LogP contribution in [0.2, 0.25) is 0 Å². The smallest absolute Gasteiger partial charge is 0.234 e. The largest absolute Gasteiger partial charge is 0.351 e. The van der Waals surface area contributed by atoms with Crippen LogP contribution in [0.5, 0.6) is 0 Å². The van der Waals surface area contributed by atoms with Crippen molar-refractivity contribution in [3.8, 4) is 0 Å². The number of amides is 1. The molecule has 0 saturated heterocycles. The molecule has 0 spiro atoms. The second-order valence-electron chi connectivity index (χ2n) is 4.72. The Morgan fingerprint density at radius 2 is 1.90 bits per heavy atom. The lowest BCUT2D eigenvalue weighted by atomic mass is 10.1. The van der Waals surface area contributed by atoms with Crippen molar-refractivity contribution in [2.24, 2.45) is 0 Å². The molecule has 0 aliphatic carbocycles. The number of rotatable bonds is 6. The monoisotopic (exact) mass is 269 g/mol. The van der Waals surface area contributed by atoms with E-state index in [2.05, 4.69) is 40.7 Å². The van der Waals surface area contributed by atoms with E-state index in [4.69, 9.17) is 0 Å². The topological polar surface area (TPSA) is 54.0 Å². The summed E-state index contributed by atoms with van der Waals surface area (Å²) < 4.78 is 0. The summed E-state index contributed by atoms with van der Waals surface area (Å²) in [6, 6.07) is 12.0. The Hall–Kier alpha value is -2.20. The van der Waals surface area contributed by atoms with Gasteiger partial charge in [0, 0.05) is 25.5 Å². The van der Waals surface area contributed by atoms with Crippen molar-refractivity contribution in [2.75, 3.05) is 6.54 Å². The lowest BCUT2D eigenvalue weighted by Gasteiger charge is -2.07. The van der Waals surface area contributed by atoms with Gasteiger partial charge in [-0.3, -0.25) is 9.78 Å². The van der Waals surface area contributed by atoms with Crippen molar-refractivity contribution >= 4 is 5.91 Å². The predicted octanol–water partition coefficient (Wildman–Crippen LogP) is 1.80. The molecule has 20 heavy (non-hydrogen) atoms. The predicted molar refractivity (Wildman–Crippen MR) is 79.0 cm³/mol. The molecule has 0 unspecified atom stereocenters. The molecule has 0 aliphatic rings.